The second-order valence-corrected chi connectivity index (χ2v) is 25.7. The third-order valence-electron chi connectivity index (χ3n) is 14.6. The van der Waals surface area contributed by atoms with E-state index in [0.29, 0.717) is 25.7 Å². The summed E-state index contributed by atoms with van der Waals surface area (Å²) in [6.45, 7) is 4.81. The number of aliphatic hydroxyl groups is 1. The molecule has 3 N–H and O–H groups in total. The van der Waals surface area contributed by atoms with Crippen LogP contribution in [0.4, 0.5) is 0 Å². The Hall–Kier alpha value is -1.94. The summed E-state index contributed by atoms with van der Waals surface area (Å²) >= 11 is 0. The Labute approximate surface area is 498 Å². The molecule has 486 valence electrons. The fourth-order valence-electron chi connectivity index (χ4n) is 9.46. The maximum atomic E-state index is 13.0. The highest BCUT2D eigenvalue weighted by Gasteiger charge is 2.30. The lowest BCUT2D eigenvalue weighted by atomic mass is 10.0. The number of unbranched alkanes of at least 4 members (excludes halogenated alkanes) is 38. The molecule has 0 aromatic heterocycles. The summed E-state index contributed by atoms with van der Waals surface area (Å²) in [5, 5.41) is 10.5. The number of hydrogen-bond acceptors (Lipinski definition) is 15. The Morgan fingerprint density at radius 1 is 0.293 bits per heavy atom. The molecule has 0 bridgehead atoms. The summed E-state index contributed by atoms with van der Waals surface area (Å²) in [6.07, 6.45) is 43.2. The highest BCUT2D eigenvalue weighted by Crippen LogP contribution is 2.45. The molecule has 0 aromatic rings. The molecule has 0 rings (SSSR count). The van der Waals surface area contributed by atoms with E-state index >= 15 is 0 Å². The first kappa shape index (κ1) is 80.1. The van der Waals surface area contributed by atoms with Gasteiger partial charge in [0, 0.05) is 25.7 Å². The number of phosphoric ester groups is 2. The van der Waals surface area contributed by atoms with E-state index in [1.807, 2.05) is 0 Å². The van der Waals surface area contributed by atoms with Crippen LogP contribution >= 0.6 is 15.6 Å². The van der Waals surface area contributed by atoms with E-state index in [9.17, 15) is 43.2 Å². The standard InChI is InChI=1S/C63H122O17P2/c1-5-9-13-17-20-23-26-29-32-35-38-42-46-50-63(68)80-59(54-74-61(66)48-44-40-36-33-30-27-24-21-18-14-10-6-2)56-78-82(71,72)76-52-57(64)51-75-81(69,70)77-55-58(53-73-60(65)47-43-39-16-12-8-4)79-62(67)49-45-41-37-34-31-28-25-22-19-15-11-7-3/h57-59,64H,5-56H2,1-4H3,(H,69,70)(H,71,72)/t57-,58+,59+/m0/s1. The SMILES string of the molecule is CCCCCCCCCCCCCCCC(=O)O[C@H](COC(=O)CCCCCCCCCCCCCC)COP(=O)(O)OC[C@@H](O)COP(=O)(O)OC[C@@H](COC(=O)CCCCCCC)OC(=O)CCCCCCCCCCCCCC. The molecule has 82 heavy (non-hydrogen) atoms. The quantitative estimate of drug-likeness (QED) is 0.0222. The van der Waals surface area contributed by atoms with E-state index in [4.69, 9.17) is 37.0 Å². The van der Waals surface area contributed by atoms with E-state index < -0.39 is 97.5 Å². The van der Waals surface area contributed by atoms with E-state index in [2.05, 4.69) is 27.7 Å². The van der Waals surface area contributed by atoms with Crippen molar-refractivity contribution in [2.24, 2.45) is 0 Å². The molecule has 0 heterocycles. The van der Waals surface area contributed by atoms with Crippen LogP contribution in [0, 0.1) is 0 Å². The Balaban J connectivity index is 5.17. The summed E-state index contributed by atoms with van der Waals surface area (Å²) in [4.78, 5) is 71.9. The van der Waals surface area contributed by atoms with Gasteiger partial charge in [0.05, 0.1) is 26.4 Å². The third kappa shape index (κ3) is 57.2. The maximum Gasteiger partial charge on any atom is 0.472 e. The Kier molecular flexibility index (Phi) is 56.7. The molecular weight excluding hydrogens is 1090 g/mol. The number of aliphatic hydroxyl groups excluding tert-OH is 1. The molecular formula is C63H122O17P2. The minimum Gasteiger partial charge on any atom is -0.462 e. The van der Waals surface area contributed by atoms with Crippen molar-refractivity contribution in [3.63, 3.8) is 0 Å². The van der Waals surface area contributed by atoms with Crippen LogP contribution in [0.3, 0.4) is 0 Å². The van der Waals surface area contributed by atoms with Gasteiger partial charge in [0.2, 0.25) is 0 Å². The van der Waals surface area contributed by atoms with Gasteiger partial charge >= 0.3 is 39.5 Å². The minimum absolute atomic E-state index is 0.107. The van der Waals surface area contributed by atoms with Gasteiger partial charge < -0.3 is 33.8 Å². The van der Waals surface area contributed by atoms with Gasteiger partial charge in [0.15, 0.2) is 12.2 Å². The number of carbonyl (C=O) groups is 4. The first-order valence-electron chi connectivity index (χ1n) is 33.3. The van der Waals surface area contributed by atoms with Crippen LogP contribution in [0.1, 0.15) is 323 Å². The molecule has 0 amide bonds. The zero-order valence-corrected chi connectivity index (χ0v) is 54.2. The van der Waals surface area contributed by atoms with Crippen LogP contribution in [0.15, 0.2) is 0 Å². The van der Waals surface area contributed by atoms with Gasteiger partial charge in [-0.25, -0.2) is 9.13 Å². The zero-order chi connectivity index (χ0) is 60.5. The first-order valence-corrected chi connectivity index (χ1v) is 36.3. The predicted molar refractivity (Wildman–Crippen MR) is 326 cm³/mol. The number of ether oxygens (including phenoxy) is 4. The number of rotatable bonds is 64. The van der Waals surface area contributed by atoms with Crippen molar-refractivity contribution >= 4 is 39.5 Å². The van der Waals surface area contributed by atoms with Gasteiger partial charge in [-0.2, -0.15) is 0 Å². The fourth-order valence-corrected chi connectivity index (χ4v) is 11.0. The average molecular weight is 1210 g/mol. The lowest BCUT2D eigenvalue weighted by Crippen LogP contribution is -2.30. The van der Waals surface area contributed by atoms with E-state index in [0.717, 1.165) is 96.3 Å². The van der Waals surface area contributed by atoms with Crippen molar-refractivity contribution in [1.82, 2.24) is 0 Å². The van der Waals surface area contributed by atoms with Crippen LogP contribution < -0.4 is 0 Å². The van der Waals surface area contributed by atoms with Crippen LogP contribution in [0.2, 0.25) is 0 Å². The fraction of sp³-hybridized carbons (Fsp3) is 0.937. The second kappa shape index (κ2) is 58.1. The van der Waals surface area contributed by atoms with E-state index in [1.165, 1.54) is 148 Å². The van der Waals surface area contributed by atoms with Crippen molar-refractivity contribution in [1.29, 1.82) is 0 Å². The molecule has 0 aliphatic heterocycles. The van der Waals surface area contributed by atoms with Crippen LogP contribution in [-0.2, 0) is 65.4 Å². The third-order valence-corrected chi connectivity index (χ3v) is 16.5. The molecule has 0 saturated carbocycles. The largest absolute Gasteiger partial charge is 0.472 e. The molecule has 5 atom stereocenters. The normalized spacial score (nSPS) is 14.2. The molecule has 0 fully saturated rings. The van der Waals surface area contributed by atoms with Gasteiger partial charge in [-0.1, -0.05) is 272 Å². The molecule has 0 aliphatic rings. The molecule has 2 unspecified atom stereocenters. The lowest BCUT2D eigenvalue weighted by Gasteiger charge is -2.21. The van der Waals surface area contributed by atoms with Gasteiger partial charge in [0.1, 0.15) is 19.3 Å². The van der Waals surface area contributed by atoms with Crippen LogP contribution in [-0.4, -0.2) is 96.7 Å². The molecule has 0 aromatic carbocycles. The summed E-state index contributed by atoms with van der Waals surface area (Å²) in [5.41, 5.74) is 0. The Bertz CT molecular complexity index is 1590. The molecule has 0 spiro atoms. The maximum absolute atomic E-state index is 13.0. The zero-order valence-electron chi connectivity index (χ0n) is 52.5. The van der Waals surface area contributed by atoms with Crippen molar-refractivity contribution in [3.8, 4) is 0 Å². The Morgan fingerprint density at radius 2 is 0.488 bits per heavy atom. The van der Waals surface area contributed by atoms with Gasteiger partial charge in [0.25, 0.3) is 0 Å². The topological polar surface area (TPSA) is 237 Å². The van der Waals surface area contributed by atoms with Crippen LogP contribution in [0.25, 0.3) is 0 Å². The molecule has 0 saturated heterocycles. The van der Waals surface area contributed by atoms with E-state index in [-0.39, 0.29) is 25.7 Å². The van der Waals surface area contributed by atoms with Gasteiger partial charge in [-0.15, -0.1) is 0 Å². The number of esters is 4. The molecule has 19 heteroatoms. The lowest BCUT2D eigenvalue weighted by molar-refractivity contribution is -0.161. The number of carbonyl (C=O) groups excluding carboxylic acids is 4. The number of hydrogen-bond donors (Lipinski definition) is 3. The second-order valence-electron chi connectivity index (χ2n) is 22.8. The van der Waals surface area contributed by atoms with E-state index in [1.54, 1.807) is 0 Å². The predicted octanol–water partition coefficient (Wildman–Crippen LogP) is 17.5. The highest BCUT2D eigenvalue weighted by atomic mass is 31.2. The molecule has 0 radical (unpaired) electrons. The Morgan fingerprint density at radius 3 is 0.720 bits per heavy atom. The summed E-state index contributed by atoms with van der Waals surface area (Å²) in [7, 11) is -9.87. The molecule has 0 aliphatic carbocycles. The monoisotopic (exact) mass is 1210 g/mol. The summed E-state index contributed by atoms with van der Waals surface area (Å²) in [5.74, 6) is -2.14. The van der Waals surface area contributed by atoms with Crippen molar-refractivity contribution in [2.45, 2.75) is 341 Å². The number of phosphoric acid groups is 2. The first-order chi connectivity index (χ1) is 39.7. The average Bonchev–Trinajstić information content (AvgIpc) is 3.45. The van der Waals surface area contributed by atoms with Gasteiger partial charge in [-0.3, -0.25) is 37.3 Å². The van der Waals surface area contributed by atoms with Crippen molar-refractivity contribution in [3.05, 3.63) is 0 Å². The highest BCUT2D eigenvalue weighted by molar-refractivity contribution is 7.47. The van der Waals surface area contributed by atoms with Crippen molar-refractivity contribution in [2.75, 3.05) is 39.6 Å². The molecule has 17 nitrogen and oxygen atoms in total. The van der Waals surface area contributed by atoms with Gasteiger partial charge in [-0.05, 0) is 25.7 Å². The minimum atomic E-state index is -4.94. The summed E-state index contributed by atoms with van der Waals surface area (Å²) in [6, 6.07) is 0. The smallest absolute Gasteiger partial charge is 0.462 e. The van der Waals surface area contributed by atoms with Crippen molar-refractivity contribution < 1.29 is 80.2 Å². The summed E-state index contributed by atoms with van der Waals surface area (Å²) < 4.78 is 67.8. The van der Waals surface area contributed by atoms with Crippen LogP contribution in [0.5, 0.6) is 0 Å².